The van der Waals surface area contributed by atoms with Gasteiger partial charge in [-0.25, -0.2) is 12.8 Å². The first-order valence-corrected chi connectivity index (χ1v) is 9.36. The number of sulfone groups is 1. The first-order valence-electron chi connectivity index (χ1n) is 7.43. The highest BCUT2D eigenvalue weighted by Crippen LogP contribution is 2.63. The van der Waals surface area contributed by atoms with Gasteiger partial charge in [0.25, 0.3) is 0 Å². The lowest BCUT2D eigenvalue weighted by Crippen LogP contribution is -2.31. The van der Waals surface area contributed by atoms with Crippen molar-refractivity contribution in [2.75, 3.05) is 6.54 Å². The molecule has 0 saturated heterocycles. The van der Waals surface area contributed by atoms with E-state index in [4.69, 9.17) is 17.3 Å². The Morgan fingerprint density at radius 2 is 1.88 bits per heavy atom. The van der Waals surface area contributed by atoms with Gasteiger partial charge in [0.2, 0.25) is 0 Å². The van der Waals surface area contributed by atoms with Gasteiger partial charge in [0.1, 0.15) is 11.2 Å². The molecule has 1 aliphatic carbocycles. The molecule has 3 atom stereocenters. The third-order valence-corrected chi connectivity index (χ3v) is 7.22. The summed E-state index contributed by atoms with van der Waals surface area (Å²) >= 11 is 5.78. The Hall–Kier alpha value is -1.96. The van der Waals surface area contributed by atoms with Gasteiger partial charge in [-0.3, -0.25) is 4.79 Å². The van der Waals surface area contributed by atoms with Crippen LogP contribution in [0.15, 0.2) is 53.4 Å². The molecule has 132 valence electrons. The molecule has 5 nitrogen and oxygen atoms in total. The third kappa shape index (κ3) is 2.72. The monoisotopic (exact) mass is 383 g/mol. The number of rotatable bonds is 5. The van der Waals surface area contributed by atoms with E-state index < -0.39 is 38.2 Å². The maximum Gasteiger partial charge on any atom is 0.312 e. The van der Waals surface area contributed by atoms with Crippen LogP contribution in [0, 0.1) is 11.2 Å². The van der Waals surface area contributed by atoms with Crippen LogP contribution >= 0.6 is 11.6 Å². The van der Waals surface area contributed by atoms with E-state index in [-0.39, 0.29) is 11.4 Å². The van der Waals surface area contributed by atoms with Crippen molar-refractivity contribution in [2.45, 2.75) is 16.1 Å². The molecule has 0 unspecified atom stereocenters. The number of nitrogens with two attached hydrogens (primary N) is 1. The Bertz CT molecular complexity index is 932. The molecule has 0 aromatic heterocycles. The van der Waals surface area contributed by atoms with Gasteiger partial charge in [-0.05, 0) is 42.0 Å². The van der Waals surface area contributed by atoms with Crippen LogP contribution in [0.2, 0.25) is 5.02 Å². The van der Waals surface area contributed by atoms with Gasteiger partial charge in [0.05, 0.1) is 10.1 Å². The van der Waals surface area contributed by atoms with E-state index in [9.17, 15) is 22.7 Å². The molecule has 0 aliphatic heterocycles. The van der Waals surface area contributed by atoms with E-state index in [1.54, 1.807) is 0 Å². The number of hydrogen-bond donors (Lipinski definition) is 2. The van der Waals surface area contributed by atoms with E-state index >= 15 is 0 Å². The second-order valence-electron chi connectivity index (χ2n) is 6.00. The zero-order valence-corrected chi connectivity index (χ0v) is 14.5. The first-order chi connectivity index (χ1) is 11.7. The Balaban J connectivity index is 2.12. The minimum absolute atomic E-state index is 0.0418. The summed E-state index contributed by atoms with van der Waals surface area (Å²) in [7, 11) is -4.00. The molecule has 0 radical (unpaired) electrons. The highest BCUT2D eigenvalue weighted by molar-refractivity contribution is 7.92. The maximum atomic E-state index is 13.6. The molecule has 1 saturated carbocycles. The summed E-state index contributed by atoms with van der Waals surface area (Å²) < 4.78 is 39.6. The van der Waals surface area contributed by atoms with Crippen LogP contribution in [0.1, 0.15) is 11.5 Å². The largest absolute Gasteiger partial charge is 0.481 e. The average molecular weight is 384 g/mol. The third-order valence-electron chi connectivity index (χ3n) is 4.68. The van der Waals surface area contributed by atoms with Crippen LogP contribution in [-0.2, 0) is 14.6 Å². The molecule has 0 heterocycles. The standard InChI is InChI=1S/C17H15ClFNO4S/c18-11-4-6-13(7-5-11)25(23,24)15-14(17(15,9-20)16(21)22)10-2-1-3-12(19)8-10/h1-8,14-15H,9,20H2,(H,21,22)/t14-,15+,17-/m0/s1. The Labute approximate surface area is 149 Å². The summed E-state index contributed by atoms with van der Waals surface area (Å²) in [5.41, 5.74) is 4.28. The smallest absolute Gasteiger partial charge is 0.312 e. The van der Waals surface area contributed by atoms with Gasteiger partial charge in [0.15, 0.2) is 9.84 Å². The van der Waals surface area contributed by atoms with Crippen LogP contribution in [0.25, 0.3) is 0 Å². The van der Waals surface area contributed by atoms with Crippen molar-refractivity contribution >= 4 is 27.4 Å². The Morgan fingerprint density at radius 1 is 1.24 bits per heavy atom. The molecule has 0 spiro atoms. The van der Waals surface area contributed by atoms with Crippen molar-refractivity contribution in [3.05, 3.63) is 64.9 Å². The number of halogens is 2. The van der Waals surface area contributed by atoms with Crippen molar-refractivity contribution in [3.8, 4) is 0 Å². The van der Waals surface area contributed by atoms with E-state index in [0.717, 1.165) is 6.07 Å². The van der Waals surface area contributed by atoms with E-state index in [0.29, 0.717) is 10.6 Å². The maximum absolute atomic E-state index is 13.6. The van der Waals surface area contributed by atoms with Crippen molar-refractivity contribution in [2.24, 2.45) is 11.1 Å². The van der Waals surface area contributed by atoms with Crippen molar-refractivity contribution in [3.63, 3.8) is 0 Å². The lowest BCUT2D eigenvalue weighted by Gasteiger charge is -2.10. The molecule has 1 fully saturated rings. The summed E-state index contributed by atoms with van der Waals surface area (Å²) in [4.78, 5) is 11.8. The molecule has 3 rings (SSSR count). The lowest BCUT2D eigenvalue weighted by atomic mass is 9.99. The molecule has 25 heavy (non-hydrogen) atoms. The zero-order chi connectivity index (χ0) is 18.4. The molecule has 2 aromatic rings. The highest BCUT2D eigenvalue weighted by atomic mass is 35.5. The highest BCUT2D eigenvalue weighted by Gasteiger charge is 2.75. The molecular formula is C17H15ClFNO4S. The predicted molar refractivity (Wildman–Crippen MR) is 90.7 cm³/mol. The molecule has 3 N–H and O–H groups in total. The summed E-state index contributed by atoms with van der Waals surface area (Å²) in [6.07, 6.45) is 0. The summed E-state index contributed by atoms with van der Waals surface area (Å²) in [5, 5.41) is 8.76. The van der Waals surface area contributed by atoms with Gasteiger partial charge in [0, 0.05) is 17.5 Å². The minimum Gasteiger partial charge on any atom is -0.481 e. The Kier molecular flexibility index (Phi) is 4.35. The van der Waals surface area contributed by atoms with Gasteiger partial charge >= 0.3 is 5.97 Å². The van der Waals surface area contributed by atoms with Crippen molar-refractivity contribution in [1.29, 1.82) is 0 Å². The minimum atomic E-state index is -4.00. The summed E-state index contributed by atoms with van der Waals surface area (Å²) in [6, 6.07) is 10.8. The summed E-state index contributed by atoms with van der Waals surface area (Å²) in [6.45, 7) is -0.374. The number of aliphatic carboxylic acids is 1. The number of carboxylic acid groups (broad SMARTS) is 1. The Morgan fingerprint density at radius 3 is 2.40 bits per heavy atom. The fourth-order valence-corrected chi connectivity index (χ4v) is 5.90. The van der Waals surface area contributed by atoms with Crippen molar-refractivity contribution in [1.82, 2.24) is 0 Å². The topological polar surface area (TPSA) is 97.5 Å². The van der Waals surface area contributed by atoms with E-state index in [1.165, 1.54) is 42.5 Å². The van der Waals surface area contributed by atoms with Crippen LogP contribution in [0.4, 0.5) is 4.39 Å². The number of carbonyl (C=O) groups is 1. The van der Waals surface area contributed by atoms with Crippen molar-refractivity contribution < 1.29 is 22.7 Å². The fourth-order valence-electron chi connectivity index (χ4n) is 3.39. The van der Waals surface area contributed by atoms with Gasteiger partial charge in [-0.15, -0.1) is 0 Å². The van der Waals surface area contributed by atoms with Crippen LogP contribution < -0.4 is 5.73 Å². The molecule has 1 aliphatic rings. The molecule has 2 aromatic carbocycles. The van der Waals surface area contributed by atoms with Crippen LogP contribution in [-0.4, -0.2) is 31.3 Å². The van der Waals surface area contributed by atoms with Gasteiger partial charge in [-0.1, -0.05) is 23.7 Å². The summed E-state index contributed by atoms with van der Waals surface area (Å²) in [5.74, 6) is -2.80. The van der Waals surface area contributed by atoms with Crippen LogP contribution in [0.5, 0.6) is 0 Å². The second kappa shape index (κ2) is 6.09. The molecule has 8 heteroatoms. The van der Waals surface area contributed by atoms with Crippen LogP contribution in [0.3, 0.4) is 0 Å². The molecule has 0 bridgehead atoms. The van der Waals surface area contributed by atoms with E-state index in [2.05, 4.69) is 0 Å². The second-order valence-corrected chi connectivity index (χ2v) is 8.51. The average Bonchev–Trinajstić information content (AvgIpc) is 3.27. The fraction of sp³-hybridized carbons (Fsp3) is 0.235. The van der Waals surface area contributed by atoms with E-state index in [1.807, 2.05) is 0 Å². The van der Waals surface area contributed by atoms with Gasteiger partial charge < -0.3 is 10.8 Å². The lowest BCUT2D eigenvalue weighted by molar-refractivity contribution is -0.143. The normalized spacial score (nSPS) is 25.6. The number of benzene rings is 2. The van der Waals surface area contributed by atoms with Gasteiger partial charge in [-0.2, -0.15) is 0 Å². The SMILES string of the molecule is NC[C@@]1(C(=O)O)[C@H](S(=O)(=O)c2ccc(Cl)cc2)[C@@H]1c1cccc(F)c1. The number of hydrogen-bond acceptors (Lipinski definition) is 4. The predicted octanol–water partition coefficient (Wildman–Crippen LogP) is 2.45. The molecule has 0 amide bonds. The quantitative estimate of drug-likeness (QED) is 0.826. The first kappa shape index (κ1) is 17.8. The number of carboxylic acids is 1. The molecular weight excluding hydrogens is 369 g/mol. The zero-order valence-electron chi connectivity index (χ0n) is 12.9.